The van der Waals surface area contributed by atoms with Crippen molar-refractivity contribution in [3.8, 4) is 0 Å². The number of hydrogen-bond donors (Lipinski definition) is 1. The van der Waals surface area contributed by atoms with Crippen LogP contribution < -0.4 is 5.32 Å². The van der Waals surface area contributed by atoms with Gasteiger partial charge in [0, 0.05) is 35.6 Å². The first kappa shape index (κ1) is 19.1. The summed E-state index contributed by atoms with van der Waals surface area (Å²) in [5, 5.41) is 3.89. The summed E-state index contributed by atoms with van der Waals surface area (Å²) in [5.41, 5.74) is 0. The number of amides is 1. The first-order chi connectivity index (χ1) is 12.1. The van der Waals surface area contributed by atoms with E-state index in [1.807, 2.05) is 31.2 Å². The Morgan fingerprint density at radius 2 is 1.84 bits per heavy atom. The number of likely N-dealkylation sites (tertiary alicyclic amines) is 1. The molecule has 1 saturated carbocycles. The van der Waals surface area contributed by atoms with Gasteiger partial charge in [-0.15, -0.1) is 11.8 Å². The number of carbonyl (C=O) groups is 1. The molecule has 0 radical (unpaired) electrons. The van der Waals surface area contributed by atoms with Crippen molar-refractivity contribution in [2.75, 3.05) is 19.6 Å². The van der Waals surface area contributed by atoms with Crippen molar-refractivity contribution in [1.82, 2.24) is 10.2 Å². The molecule has 0 bridgehead atoms. The summed E-state index contributed by atoms with van der Waals surface area (Å²) in [7, 11) is 0. The van der Waals surface area contributed by atoms with Crippen LogP contribution in [0.15, 0.2) is 29.2 Å². The first-order valence-electron chi connectivity index (χ1n) is 9.55. The van der Waals surface area contributed by atoms with Crippen LogP contribution in [-0.2, 0) is 4.79 Å². The van der Waals surface area contributed by atoms with Crippen molar-refractivity contribution >= 4 is 29.3 Å². The number of thioether (sulfide) groups is 1. The van der Waals surface area contributed by atoms with Gasteiger partial charge in [0.1, 0.15) is 0 Å². The first-order valence-corrected chi connectivity index (χ1v) is 10.8. The SMILES string of the molecule is CC(Sc1ccc(Cl)cc1)C(=O)NC1CCN(CC2CCCC2)CC1. The standard InChI is InChI=1S/C20H29ClN2OS/c1-15(25-19-8-6-17(21)7-9-19)20(24)22-18-10-12-23(13-11-18)14-16-4-2-3-5-16/h6-9,15-16,18H,2-5,10-14H2,1H3,(H,22,24). The van der Waals surface area contributed by atoms with Crippen molar-refractivity contribution in [1.29, 1.82) is 0 Å². The summed E-state index contributed by atoms with van der Waals surface area (Å²) < 4.78 is 0. The number of nitrogens with zero attached hydrogens (tertiary/aromatic N) is 1. The Labute approximate surface area is 160 Å². The number of hydrogen-bond acceptors (Lipinski definition) is 3. The molecule has 0 aromatic heterocycles. The van der Waals surface area contributed by atoms with E-state index in [9.17, 15) is 4.79 Å². The van der Waals surface area contributed by atoms with Crippen molar-refractivity contribution in [3.05, 3.63) is 29.3 Å². The van der Waals surface area contributed by atoms with Crippen LogP contribution in [0.25, 0.3) is 0 Å². The molecule has 3 rings (SSSR count). The lowest BCUT2D eigenvalue weighted by Gasteiger charge is -2.34. The van der Waals surface area contributed by atoms with Gasteiger partial charge in [-0.3, -0.25) is 4.79 Å². The minimum absolute atomic E-state index is 0.0855. The predicted octanol–water partition coefficient (Wildman–Crippen LogP) is 4.59. The van der Waals surface area contributed by atoms with E-state index in [-0.39, 0.29) is 11.2 Å². The lowest BCUT2D eigenvalue weighted by atomic mass is 10.0. The molecule has 25 heavy (non-hydrogen) atoms. The molecule has 5 heteroatoms. The van der Waals surface area contributed by atoms with Crippen LogP contribution in [0.1, 0.15) is 45.4 Å². The highest BCUT2D eigenvalue weighted by Crippen LogP contribution is 2.27. The third-order valence-corrected chi connectivity index (χ3v) is 6.78. The Kier molecular flexibility index (Phi) is 7.08. The van der Waals surface area contributed by atoms with Crippen LogP contribution in [-0.4, -0.2) is 41.7 Å². The topological polar surface area (TPSA) is 32.3 Å². The van der Waals surface area contributed by atoms with E-state index >= 15 is 0 Å². The molecule has 2 fully saturated rings. The molecule has 1 aromatic rings. The number of nitrogens with one attached hydrogen (secondary N) is 1. The Balaban J connectivity index is 1.38. The van der Waals surface area contributed by atoms with Gasteiger partial charge in [0.05, 0.1) is 5.25 Å². The van der Waals surface area contributed by atoms with Gasteiger partial charge >= 0.3 is 0 Å². The van der Waals surface area contributed by atoms with Crippen LogP contribution in [0.2, 0.25) is 5.02 Å². The summed E-state index contributed by atoms with van der Waals surface area (Å²) in [6.45, 7) is 5.49. The molecule has 1 heterocycles. The summed E-state index contributed by atoms with van der Waals surface area (Å²) in [4.78, 5) is 16.2. The average molecular weight is 381 g/mol. The Morgan fingerprint density at radius 3 is 2.48 bits per heavy atom. The average Bonchev–Trinajstić information content (AvgIpc) is 3.11. The molecule has 1 unspecified atom stereocenters. The van der Waals surface area contributed by atoms with Gasteiger partial charge in [-0.1, -0.05) is 24.4 Å². The molecule has 1 aliphatic carbocycles. The molecule has 1 atom stereocenters. The van der Waals surface area contributed by atoms with Crippen LogP contribution >= 0.6 is 23.4 Å². The van der Waals surface area contributed by atoms with Crippen LogP contribution in [0.5, 0.6) is 0 Å². The van der Waals surface area contributed by atoms with E-state index in [2.05, 4.69) is 10.2 Å². The smallest absolute Gasteiger partial charge is 0.233 e. The van der Waals surface area contributed by atoms with E-state index in [4.69, 9.17) is 11.6 Å². The number of carbonyl (C=O) groups excluding carboxylic acids is 1. The van der Waals surface area contributed by atoms with Crippen molar-refractivity contribution in [2.45, 2.75) is 61.6 Å². The molecule has 1 aliphatic heterocycles. The summed E-state index contributed by atoms with van der Waals surface area (Å²) in [5.74, 6) is 1.07. The molecular weight excluding hydrogens is 352 g/mol. The Morgan fingerprint density at radius 1 is 1.20 bits per heavy atom. The maximum atomic E-state index is 12.5. The quantitative estimate of drug-likeness (QED) is 0.732. The second kappa shape index (κ2) is 9.29. The maximum Gasteiger partial charge on any atom is 0.233 e. The van der Waals surface area contributed by atoms with Crippen molar-refractivity contribution in [2.24, 2.45) is 5.92 Å². The zero-order chi connectivity index (χ0) is 17.6. The van der Waals surface area contributed by atoms with E-state index in [0.717, 1.165) is 41.8 Å². The van der Waals surface area contributed by atoms with Gasteiger partial charge in [0.25, 0.3) is 0 Å². The van der Waals surface area contributed by atoms with Crippen molar-refractivity contribution < 1.29 is 4.79 Å². The van der Waals surface area contributed by atoms with Gasteiger partial charge in [0.15, 0.2) is 0 Å². The maximum absolute atomic E-state index is 12.5. The second-order valence-corrected chi connectivity index (χ2v) is 9.30. The minimum atomic E-state index is -0.0855. The van der Waals surface area contributed by atoms with E-state index in [1.54, 1.807) is 11.8 Å². The zero-order valence-corrected chi connectivity index (χ0v) is 16.6. The summed E-state index contributed by atoms with van der Waals surface area (Å²) in [6, 6.07) is 8.01. The highest BCUT2D eigenvalue weighted by Gasteiger charge is 2.25. The van der Waals surface area contributed by atoms with E-state index in [0.29, 0.717) is 6.04 Å². The largest absolute Gasteiger partial charge is 0.352 e. The van der Waals surface area contributed by atoms with Crippen LogP contribution in [0.3, 0.4) is 0 Å². The van der Waals surface area contributed by atoms with Gasteiger partial charge in [0.2, 0.25) is 5.91 Å². The fourth-order valence-corrected chi connectivity index (χ4v) is 4.91. The minimum Gasteiger partial charge on any atom is -0.352 e. The molecule has 2 aliphatic rings. The van der Waals surface area contributed by atoms with Crippen LogP contribution in [0.4, 0.5) is 0 Å². The number of piperidine rings is 1. The van der Waals surface area contributed by atoms with Gasteiger partial charge < -0.3 is 10.2 Å². The molecule has 1 N–H and O–H groups in total. The monoisotopic (exact) mass is 380 g/mol. The molecule has 0 spiro atoms. The lowest BCUT2D eigenvalue weighted by molar-refractivity contribution is -0.121. The highest BCUT2D eigenvalue weighted by atomic mass is 35.5. The molecule has 1 saturated heterocycles. The lowest BCUT2D eigenvalue weighted by Crippen LogP contribution is -2.47. The third-order valence-electron chi connectivity index (χ3n) is 5.42. The number of benzene rings is 1. The third kappa shape index (κ3) is 5.90. The van der Waals surface area contributed by atoms with Crippen LogP contribution in [0, 0.1) is 5.92 Å². The Bertz CT molecular complexity index is 551. The van der Waals surface area contributed by atoms with E-state index < -0.39 is 0 Å². The summed E-state index contributed by atoms with van der Waals surface area (Å²) in [6.07, 6.45) is 7.82. The molecule has 1 aromatic carbocycles. The van der Waals surface area contributed by atoms with Crippen molar-refractivity contribution in [3.63, 3.8) is 0 Å². The Hall–Kier alpha value is -0.710. The zero-order valence-electron chi connectivity index (χ0n) is 15.0. The molecule has 1 amide bonds. The normalized spacial score (nSPS) is 21.4. The fourth-order valence-electron chi connectivity index (χ4n) is 3.91. The molecular formula is C20H29ClN2OS. The number of halogens is 1. The molecule has 3 nitrogen and oxygen atoms in total. The van der Waals surface area contributed by atoms with Gasteiger partial charge in [-0.2, -0.15) is 0 Å². The molecule has 138 valence electrons. The van der Waals surface area contributed by atoms with Gasteiger partial charge in [-0.25, -0.2) is 0 Å². The van der Waals surface area contributed by atoms with Gasteiger partial charge in [-0.05, 0) is 62.8 Å². The fraction of sp³-hybridized carbons (Fsp3) is 0.650. The number of rotatable bonds is 6. The highest BCUT2D eigenvalue weighted by molar-refractivity contribution is 8.00. The second-order valence-electron chi connectivity index (χ2n) is 7.45. The predicted molar refractivity (Wildman–Crippen MR) is 106 cm³/mol. The summed E-state index contributed by atoms with van der Waals surface area (Å²) >= 11 is 7.50. The van der Waals surface area contributed by atoms with E-state index in [1.165, 1.54) is 32.2 Å².